The second-order valence-corrected chi connectivity index (χ2v) is 5.79. The highest BCUT2D eigenvalue weighted by molar-refractivity contribution is 5.85. The highest BCUT2D eigenvalue weighted by atomic mass is 35.5. The fourth-order valence-corrected chi connectivity index (χ4v) is 2.99. The average Bonchev–Trinajstić information content (AvgIpc) is 2.89. The van der Waals surface area contributed by atoms with Gasteiger partial charge in [-0.2, -0.15) is 0 Å². The number of rotatable bonds is 5. The zero-order chi connectivity index (χ0) is 14.5. The molecule has 0 aromatic heterocycles. The molecule has 1 aromatic carbocycles. The fourth-order valence-electron chi connectivity index (χ4n) is 2.99. The number of nitrogens with two attached hydrogens (primary N) is 1. The first-order chi connectivity index (χ1) is 9.58. The van der Waals surface area contributed by atoms with Gasteiger partial charge in [0.25, 0.3) is 0 Å². The summed E-state index contributed by atoms with van der Waals surface area (Å²) >= 11 is 0. The molecule has 1 aliphatic carbocycles. The molecule has 3 nitrogen and oxygen atoms in total. The van der Waals surface area contributed by atoms with E-state index in [-0.39, 0.29) is 42.6 Å². The first kappa shape index (κ1) is 17.9. The Labute approximate surface area is 131 Å². The summed E-state index contributed by atoms with van der Waals surface area (Å²) in [5.74, 6) is -0.0189. The molecule has 2 atom stereocenters. The highest BCUT2D eigenvalue weighted by Gasteiger charge is 2.29. The van der Waals surface area contributed by atoms with Crippen LogP contribution >= 0.6 is 12.4 Å². The molecule has 2 rings (SSSR count). The van der Waals surface area contributed by atoms with E-state index in [1.165, 1.54) is 6.07 Å². The van der Waals surface area contributed by atoms with Crippen molar-refractivity contribution in [3.05, 3.63) is 35.6 Å². The van der Waals surface area contributed by atoms with Crippen molar-refractivity contribution in [2.75, 3.05) is 0 Å². The van der Waals surface area contributed by atoms with Crippen molar-refractivity contribution in [2.24, 2.45) is 11.7 Å². The molecule has 3 N–H and O–H groups in total. The highest BCUT2D eigenvalue weighted by Crippen LogP contribution is 2.36. The van der Waals surface area contributed by atoms with Crippen LogP contribution in [0.3, 0.4) is 0 Å². The minimum atomic E-state index is -0.245. The van der Waals surface area contributed by atoms with E-state index in [0.29, 0.717) is 11.5 Å². The van der Waals surface area contributed by atoms with E-state index in [4.69, 9.17) is 5.73 Å². The van der Waals surface area contributed by atoms with Crippen molar-refractivity contribution in [1.82, 2.24) is 5.32 Å². The van der Waals surface area contributed by atoms with Crippen molar-refractivity contribution in [3.8, 4) is 0 Å². The number of carbonyl (C=O) groups excluding carboxylic acids is 1. The maximum Gasteiger partial charge on any atom is 0.222 e. The van der Waals surface area contributed by atoms with E-state index >= 15 is 0 Å². The van der Waals surface area contributed by atoms with Gasteiger partial charge >= 0.3 is 0 Å². The summed E-state index contributed by atoms with van der Waals surface area (Å²) in [5, 5.41) is 2.99. The van der Waals surface area contributed by atoms with Crippen LogP contribution < -0.4 is 11.1 Å². The van der Waals surface area contributed by atoms with Crippen LogP contribution in [-0.4, -0.2) is 11.9 Å². The largest absolute Gasteiger partial charge is 0.349 e. The molecule has 0 saturated heterocycles. The summed E-state index contributed by atoms with van der Waals surface area (Å²) in [7, 11) is 0. The zero-order valence-electron chi connectivity index (χ0n) is 12.3. The van der Waals surface area contributed by atoms with Crippen LogP contribution in [0, 0.1) is 11.7 Å². The molecule has 1 aromatic rings. The minimum absolute atomic E-state index is 0. The van der Waals surface area contributed by atoms with E-state index in [1.807, 2.05) is 6.07 Å². The Bertz CT molecular complexity index is 461. The third-order valence-corrected chi connectivity index (χ3v) is 3.94. The zero-order valence-corrected chi connectivity index (χ0v) is 13.2. The molecule has 1 saturated carbocycles. The van der Waals surface area contributed by atoms with Crippen LogP contribution in [0.2, 0.25) is 0 Å². The molecule has 2 unspecified atom stereocenters. The third-order valence-electron chi connectivity index (χ3n) is 3.94. The summed E-state index contributed by atoms with van der Waals surface area (Å²) in [4.78, 5) is 12.0. The quantitative estimate of drug-likeness (QED) is 0.876. The summed E-state index contributed by atoms with van der Waals surface area (Å²) < 4.78 is 14.0. The van der Waals surface area contributed by atoms with Gasteiger partial charge in [0.1, 0.15) is 5.82 Å². The lowest BCUT2D eigenvalue weighted by molar-refractivity contribution is -0.122. The lowest BCUT2D eigenvalue weighted by Gasteiger charge is -2.26. The fraction of sp³-hybridized carbons (Fsp3) is 0.562. The lowest BCUT2D eigenvalue weighted by Crippen LogP contribution is -2.36. The van der Waals surface area contributed by atoms with E-state index < -0.39 is 0 Å². The molecule has 0 spiro atoms. The van der Waals surface area contributed by atoms with Crippen LogP contribution in [-0.2, 0) is 4.79 Å². The molecule has 1 aliphatic rings. The number of benzene rings is 1. The molecule has 1 amide bonds. The number of nitrogens with one attached hydrogen (secondary N) is 1. The molecule has 0 bridgehead atoms. The van der Waals surface area contributed by atoms with Crippen LogP contribution in [0.15, 0.2) is 24.3 Å². The normalized spacial score (nSPS) is 17.9. The van der Waals surface area contributed by atoms with Gasteiger partial charge < -0.3 is 11.1 Å². The predicted octanol–water partition coefficient (Wildman–Crippen LogP) is 3.33. The van der Waals surface area contributed by atoms with Gasteiger partial charge in [-0.05, 0) is 31.7 Å². The Morgan fingerprint density at radius 2 is 2.00 bits per heavy atom. The average molecular weight is 315 g/mol. The molecule has 1 fully saturated rings. The third kappa shape index (κ3) is 4.97. The number of carbonyl (C=O) groups is 1. The SMILES string of the molecule is CC(N)CC(=O)NC(c1ccccc1F)C1CCCC1.Cl. The van der Waals surface area contributed by atoms with Crippen molar-refractivity contribution >= 4 is 18.3 Å². The minimum Gasteiger partial charge on any atom is -0.349 e. The Hall–Kier alpha value is -1.13. The topological polar surface area (TPSA) is 55.1 Å². The molecular weight excluding hydrogens is 291 g/mol. The molecule has 118 valence electrons. The van der Waals surface area contributed by atoms with E-state index in [9.17, 15) is 9.18 Å². The Morgan fingerprint density at radius 3 is 2.57 bits per heavy atom. The summed E-state index contributed by atoms with van der Waals surface area (Å²) in [5.41, 5.74) is 6.25. The number of halogens is 2. The van der Waals surface area contributed by atoms with Gasteiger partial charge in [0.2, 0.25) is 5.91 Å². The van der Waals surface area contributed by atoms with Crippen molar-refractivity contribution in [1.29, 1.82) is 0 Å². The molecular formula is C16H24ClFN2O. The van der Waals surface area contributed by atoms with Crippen LogP contribution in [0.25, 0.3) is 0 Å². The van der Waals surface area contributed by atoms with E-state index in [0.717, 1.165) is 25.7 Å². The van der Waals surface area contributed by atoms with Gasteiger partial charge in [-0.25, -0.2) is 4.39 Å². The Kier molecular flexibility index (Phi) is 7.12. The van der Waals surface area contributed by atoms with Gasteiger partial charge in [-0.3, -0.25) is 4.79 Å². The summed E-state index contributed by atoms with van der Waals surface area (Å²) in [6.07, 6.45) is 4.66. The van der Waals surface area contributed by atoms with E-state index in [2.05, 4.69) is 5.32 Å². The second-order valence-electron chi connectivity index (χ2n) is 5.79. The van der Waals surface area contributed by atoms with Gasteiger partial charge in [0.15, 0.2) is 0 Å². The Balaban J connectivity index is 0.00000220. The second kappa shape index (κ2) is 8.35. The number of amides is 1. The smallest absolute Gasteiger partial charge is 0.222 e. The molecule has 0 aliphatic heterocycles. The molecule has 5 heteroatoms. The first-order valence-electron chi connectivity index (χ1n) is 7.37. The molecule has 21 heavy (non-hydrogen) atoms. The standard InChI is InChI=1S/C16H23FN2O.ClH/c1-11(18)10-15(20)19-16(12-6-2-3-7-12)13-8-4-5-9-14(13)17;/h4-5,8-9,11-12,16H,2-3,6-7,10,18H2,1H3,(H,19,20);1H. The summed E-state index contributed by atoms with van der Waals surface area (Å²) in [6, 6.07) is 6.30. The molecule has 0 heterocycles. The Morgan fingerprint density at radius 1 is 1.38 bits per heavy atom. The van der Waals surface area contributed by atoms with Crippen molar-refractivity contribution in [2.45, 2.75) is 51.1 Å². The first-order valence-corrected chi connectivity index (χ1v) is 7.37. The maximum absolute atomic E-state index is 14.0. The predicted molar refractivity (Wildman–Crippen MR) is 84.8 cm³/mol. The summed E-state index contributed by atoms with van der Waals surface area (Å²) in [6.45, 7) is 1.80. The van der Waals surface area contributed by atoms with Gasteiger partial charge in [-0.1, -0.05) is 31.0 Å². The van der Waals surface area contributed by atoms with Crippen LogP contribution in [0.4, 0.5) is 4.39 Å². The van der Waals surface area contributed by atoms with Gasteiger partial charge in [0, 0.05) is 18.0 Å². The lowest BCUT2D eigenvalue weighted by atomic mass is 9.91. The van der Waals surface area contributed by atoms with Crippen molar-refractivity contribution < 1.29 is 9.18 Å². The van der Waals surface area contributed by atoms with Gasteiger partial charge in [0.05, 0.1) is 6.04 Å². The number of hydrogen-bond donors (Lipinski definition) is 2. The van der Waals surface area contributed by atoms with Crippen LogP contribution in [0.1, 0.15) is 50.6 Å². The maximum atomic E-state index is 14.0. The monoisotopic (exact) mass is 314 g/mol. The van der Waals surface area contributed by atoms with Crippen LogP contribution in [0.5, 0.6) is 0 Å². The molecule has 0 radical (unpaired) electrons. The number of hydrogen-bond acceptors (Lipinski definition) is 2. The van der Waals surface area contributed by atoms with E-state index in [1.54, 1.807) is 19.1 Å². The van der Waals surface area contributed by atoms with Crippen molar-refractivity contribution in [3.63, 3.8) is 0 Å². The van der Waals surface area contributed by atoms with Gasteiger partial charge in [-0.15, -0.1) is 12.4 Å².